The fourth-order valence-corrected chi connectivity index (χ4v) is 4.19. The summed E-state index contributed by atoms with van der Waals surface area (Å²) in [5.74, 6) is 0.871. The Kier molecular flexibility index (Phi) is 11.8. The number of aromatic nitrogens is 1. The lowest BCUT2D eigenvalue weighted by molar-refractivity contribution is 0.251. The van der Waals surface area contributed by atoms with Crippen LogP contribution < -0.4 is 16.2 Å². The van der Waals surface area contributed by atoms with Gasteiger partial charge in [-0.2, -0.15) is 0 Å². The number of aliphatic imine (C=N–C) groups is 1. The van der Waals surface area contributed by atoms with Crippen LogP contribution in [-0.2, 0) is 6.54 Å². The van der Waals surface area contributed by atoms with Crippen LogP contribution in [0.3, 0.4) is 0 Å². The van der Waals surface area contributed by atoms with E-state index in [1.165, 1.54) is 18.4 Å². The molecule has 2 aromatic rings. The quantitative estimate of drug-likeness (QED) is 0.203. The molecule has 0 amide bonds. The zero-order valence-corrected chi connectivity index (χ0v) is 21.8. The molecule has 1 unspecified atom stereocenters. The van der Waals surface area contributed by atoms with Gasteiger partial charge in [0.05, 0.1) is 12.6 Å². The first kappa shape index (κ1) is 26.4. The van der Waals surface area contributed by atoms with Crippen molar-refractivity contribution in [2.45, 2.75) is 52.1 Å². The van der Waals surface area contributed by atoms with E-state index >= 15 is 0 Å². The van der Waals surface area contributed by atoms with Crippen molar-refractivity contribution in [1.29, 1.82) is 0 Å². The molecule has 0 saturated carbocycles. The Bertz CT molecular complexity index is 877. The molecule has 1 aromatic heterocycles. The molecule has 1 aromatic carbocycles. The molecular weight excluding hydrogens is 513 g/mol. The molecule has 32 heavy (non-hydrogen) atoms. The zero-order valence-electron chi connectivity index (χ0n) is 19.4. The predicted molar refractivity (Wildman–Crippen MR) is 144 cm³/mol. The third-order valence-corrected chi connectivity index (χ3v) is 5.90. The molecule has 0 bridgehead atoms. The van der Waals surface area contributed by atoms with Gasteiger partial charge in [0.1, 0.15) is 0 Å². The van der Waals surface area contributed by atoms with Crippen LogP contribution in [0.1, 0.15) is 49.9 Å². The summed E-state index contributed by atoms with van der Waals surface area (Å²) in [6.45, 7) is 9.56. The molecule has 1 saturated heterocycles. The minimum Gasteiger partial charge on any atom is -0.357 e. The fraction of sp³-hybridized carbons (Fsp3) is 0.520. The summed E-state index contributed by atoms with van der Waals surface area (Å²) in [6.07, 6.45) is 4.49. The second kappa shape index (κ2) is 14.3. The Labute approximate surface area is 209 Å². The van der Waals surface area contributed by atoms with Gasteiger partial charge < -0.3 is 15.2 Å². The lowest BCUT2D eigenvalue weighted by Gasteiger charge is -2.27. The minimum atomic E-state index is 0. The van der Waals surface area contributed by atoms with Gasteiger partial charge in [-0.3, -0.25) is 14.7 Å². The van der Waals surface area contributed by atoms with Gasteiger partial charge in [-0.05, 0) is 64.3 Å². The summed E-state index contributed by atoms with van der Waals surface area (Å²) in [7, 11) is 0. The van der Waals surface area contributed by atoms with Crippen molar-refractivity contribution >= 4 is 29.9 Å². The van der Waals surface area contributed by atoms with Crippen LogP contribution in [-0.4, -0.2) is 48.2 Å². The van der Waals surface area contributed by atoms with E-state index in [0.717, 1.165) is 63.8 Å². The molecule has 2 heterocycles. The van der Waals surface area contributed by atoms with Gasteiger partial charge in [0.2, 0.25) is 0 Å². The zero-order chi connectivity index (χ0) is 21.9. The second-order valence-electron chi connectivity index (χ2n) is 8.18. The van der Waals surface area contributed by atoms with Crippen molar-refractivity contribution < 1.29 is 0 Å². The van der Waals surface area contributed by atoms with Crippen LogP contribution in [0.15, 0.2) is 58.3 Å². The Hall–Kier alpha value is -1.87. The van der Waals surface area contributed by atoms with E-state index in [0.29, 0.717) is 6.04 Å². The first-order valence-corrected chi connectivity index (χ1v) is 11.7. The largest absolute Gasteiger partial charge is 0.357 e. The molecule has 1 fully saturated rings. The number of hydrogen-bond acceptors (Lipinski definition) is 3. The van der Waals surface area contributed by atoms with Gasteiger partial charge in [-0.1, -0.05) is 36.4 Å². The van der Waals surface area contributed by atoms with E-state index in [1.54, 1.807) is 6.07 Å². The van der Waals surface area contributed by atoms with E-state index in [2.05, 4.69) is 52.8 Å². The normalized spacial score (nSPS) is 15.2. The van der Waals surface area contributed by atoms with Crippen LogP contribution >= 0.6 is 24.0 Å². The number of rotatable bonds is 10. The molecule has 7 heteroatoms. The number of pyridine rings is 1. The number of aryl methyl sites for hydroxylation is 1. The number of nitrogens with one attached hydrogen (secondary N) is 2. The highest BCUT2D eigenvalue weighted by Gasteiger charge is 2.23. The molecule has 6 nitrogen and oxygen atoms in total. The van der Waals surface area contributed by atoms with E-state index in [9.17, 15) is 4.79 Å². The molecule has 1 atom stereocenters. The maximum atomic E-state index is 12.0. The minimum absolute atomic E-state index is 0. The first-order chi connectivity index (χ1) is 15.2. The van der Waals surface area contributed by atoms with Crippen molar-refractivity contribution in [2.75, 3.05) is 32.7 Å². The summed E-state index contributed by atoms with van der Waals surface area (Å²) < 4.78 is 1.85. The number of unbranched alkanes of at least 4 members (excludes halogenated alkanes) is 1. The Morgan fingerprint density at radius 3 is 2.47 bits per heavy atom. The smallest absolute Gasteiger partial charge is 0.250 e. The SMILES string of the molecule is CCNC(=NCC(c1ccccc1)N1CCCC1)NCCCCn1c(C)cccc1=O.I. The van der Waals surface area contributed by atoms with Crippen molar-refractivity contribution in [3.8, 4) is 0 Å². The van der Waals surface area contributed by atoms with Gasteiger partial charge in [-0.15, -0.1) is 24.0 Å². The predicted octanol–water partition coefficient (Wildman–Crippen LogP) is 3.95. The summed E-state index contributed by atoms with van der Waals surface area (Å²) in [6, 6.07) is 16.5. The average Bonchev–Trinajstić information content (AvgIpc) is 3.30. The topological polar surface area (TPSA) is 61.7 Å². The molecule has 1 aliphatic heterocycles. The van der Waals surface area contributed by atoms with Crippen LogP contribution in [0.25, 0.3) is 0 Å². The van der Waals surface area contributed by atoms with Crippen molar-refractivity contribution in [3.05, 3.63) is 70.1 Å². The Balaban J connectivity index is 0.00000363. The van der Waals surface area contributed by atoms with E-state index in [-0.39, 0.29) is 29.5 Å². The highest BCUT2D eigenvalue weighted by molar-refractivity contribution is 14.0. The highest BCUT2D eigenvalue weighted by atomic mass is 127. The molecular formula is C25H38IN5O. The van der Waals surface area contributed by atoms with E-state index in [1.807, 2.05) is 23.6 Å². The second-order valence-corrected chi connectivity index (χ2v) is 8.18. The lowest BCUT2D eigenvalue weighted by atomic mass is 10.1. The lowest BCUT2D eigenvalue weighted by Crippen LogP contribution is -2.39. The number of nitrogens with zero attached hydrogens (tertiary/aromatic N) is 3. The summed E-state index contributed by atoms with van der Waals surface area (Å²) >= 11 is 0. The van der Waals surface area contributed by atoms with Crippen molar-refractivity contribution in [1.82, 2.24) is 20.1 Å². The van der Waals surface area contributed by atoms with Gasteiger partial charge in [-0.25, -0.2) is 0 Å². The Morgan fingerprint density at radius 2 is 1.78 bits per heavy atom. The molecule has 2 N–H and O–H groups in total. The monoisotopic (exact) mass is 551 g/mol. The summed E-state index contributed by atoms with van der Waals surface area (Å²) in [5.41, 5.74) is 2.44. The maximum absolute atomic E-state index is 12.0. The number of hydrogen-bond donors (Lipinski definition) is 2. The fourth-order valence-electron chi connectivity index (χ4n) is 4.19. The third kappa shape index (κ3) is 7.92. The summed E-state index contributed by atoms with van der Waals surface area (Å²) in [5, 5.41) is 6.84. The molecule has 0 spiro atoms. The number of guanidine groups is 1. The molecule has 176 valence electrons. The van der Waals surface area contributed by atoms with Gasteiger partial charge >= 0.3 is 0 Å². The molecule has 0 aliphatic carbocycles. The molecule has 0 radical (unpaired) electrons. The van der Waals surface area contributed by atoms with E-state index < -0.39 is 0 Å². The van der Waals surface area contributed by atoms with Gasteiger partial charge in [0, 0.05) is 31.4 Å². The van der Waals surface area contributed by atoms with Crippen LogP contribution in [0.2, 0.25) is 0 Å². The molecule has 3 rings (SSSR count). The van der Waals surface area contributed by atoms with Crippen LogP contribution in [0, 0.1) is 6.92 Å². The number of halogens is 1. The molecule has 1 aliphatic rings. The van der Waals surface area contributed by atoms with Crippen LogP contribution in [0.4, 0.5) is 0 Å². The highest BCUT2D eigenvalue weighted by Crippen LogP contribution is 2.25. The van der Waals surface area contributed by atoms with Gasteiger partial charge in [0.25, 0.3) is 5.56 Å². The number of likely N-dealkylation sites (tertiary alicyclic amines) is 1. The number of benzene rings is 1. The van der Waals surface area contributed by atoms with Gasteiger partial charge in [0.15, 0.2) is 5.96 Å². The Morgan fingerprint density at radius 1 is 1.03 bits per heavy atom. The average molecular weight is 552 g/mol. The van der Waals surface area contributed by atoms with Crippen molar-refractivity contribution in [2.24, 2.45) is 4.99 Å². The van der Waals surface area contributed by atoms with Crippen molar-refractivity contribution in [3.63, 3.8) is 0 Å². The maximum Gasteiger partial charge on any atom is 0.250 e. The standard InChI is InChI=1S/C25H37N5O.HI/c1-3-26-25(27-16-7-8-19-30-21(2)12-11-15-24(30)31)28-20-23(29-17-9-10-18-29)22-13-5-4-6-14-22;/h4-6,11-15,23H,3,7-10,16-20H2,1-2H3,(H2,26,27,28);1H. The first-order valence-electron chi connectivity index (χ1n) is 11.7. The summed E-state index contributed by atoms with van der Waals surface area (Å²) in [4.78, 5) is 19.5. The third-order valence-electron chi connectivity index (χ3n) is 5.90. The van der Waals surface area contributed by atoms with E-state index in [4.69, 9.17) is 4.99 Å². The van der Waals surface area contributed by atoms with Crippen LogP contribution in [0.5, 0.6) is 0 Å².